The van der Waals surface area contributed by atoms with Crippen LogP contribution in [0, 0.1) is 0 Å². The quantitative estimate of drug-likeness (QED) is 0.576. The monoisotopic (exact) mass is 313 g/mol. The topological polar surface area (TPSA) is 65.1 Å². The van der Waals surface area contributed by atoms with Crippen LogP contribution in [0.5, 0.6) is 0 Å². The number of hydrogen-bond acceptors (Lipinski definition) is 5. The second-order valence-corrected chi connectivity index (χ2v) is 6.12. The summed E-state index contributed by atoms with van der Waals surface area (Å²) in [6.45, 7) is 10.5. The Morgan fingerprint density at radius 2 is 1.91 bits per heavy atom. The van der Waals surface area contributed by atoms with Gasteiger partial charge in [-0.05, 0) is 41.0 Å². The Kier molecular flexibility index (Phi) is 6.87. The minimum atomic E-state index is -0.559. The Morgan fingerprint density at radius 3 is 2.45 bits per heavy atom. The molecule has 0 aliphatic carbocycles. The fourth-order valence-corrected chi connectivity index (χ4v) is 2.28. The fraction of sp³-hybridized carbons (Fsp3) is 0.750. The van der Waals surface area contributed by atoms with Gasteiger partial charge in [-0.3, -0.25) is 4.90 Å². The molecule has 2 atom stereocenters. The van der Waals surface area contributed by atoms with Gasteiger partial charge in [0.15, 0.2) is 0 Å². The zero-order valence-electron chi connectivity index (χ0n) is 14.1. The molecule has 22 heavy (non-hydrogen) atoms. The normalized spacial score (nSPS) is 22.1. The maximum atomic E-state index is 12.3. The molecule has 1 aliphatic heterocycles. The lowest BCUT2D eigenvalue weighted by atomic mass is 10.2. The van der Waals surface area contributed by atoms with Crippen molar-refractivity contribution in [2.24, 2.45) is 0 Å². The number of ether oxygens (including phenoxy) is 3. The van der Waals surface area contributed by atoms with E-state index in [1.807, 2.05) is 27.7 Å². The molecule has 0 saturated carbocycles. The first-order chi connectivity index (χ1) is 10.3. The first-order valence-corrected chi connectivity index (χ1v) is 7.73. The SMILES string of the molecule is CCOC(=O)/C=C/[C@@H]1C[C@@H](OCC)CN1C(=O)OC(C)(C)C. The molecule has 0 N–H and O–H groups in total. The van der Waals surface area contributed by atoms with Crippen LogP contribution in [0.4, 0.5) is 4.79 Å². The maximum absolute atomic E-state index is 12.3. The van der Waals surface area contributed by atoms with Crippen LogP contribution in [0.25, 0.3) is 0 Å². The first-order valence-electron chi connectivity index (χ1n) is 7.73. The minimum Gasteiger partial charge on any atom is -0.463 e. The Bertz CT molecular complexity index is 413. The Morgan fingerprint density at radius 1 is 1.23 bits per heavy atom. The van der Waals surface area contributed by atoms with Crippen molar-refractivity contribution in [1.29, 1.82) is 0 Å². The average Bonchev–Trinajstić information content (AvgIpc) is 2.78. The van der Waals surface area contributed by atoms with Crippen molar-refractivity contribution >= 4 is 12.1 Å². The highest BCUT2D eigenvalue weighted by atomic mass is 16.6. The van der Waals surface area contributed by atoms with Crippen molar-refractivity contribution in [1.82, 2.24) is 4.90 Å². The number of likely N-dealkylation sites (tertiary alicyclic amines) is 1. The molecule has 0 spiro atoms. The molecule has 0 aromatic rings. The Balaban J connectivity index is 2.76. The molecule has 1 heterocycles. The third-order valence-corrected chi connectivity index (χ3v) is 3.08. The molecule has 0 aromatic heterocycles. The molecule has 1 fully saturated rings. The molecule has 0 aromatic carbocycles. The Hall–Kier alpha value is -1.56. The van der Waals surface area contributed by atoms with Crippen LogP contribution in [-0.4, -0.2) is 54.5 Å². The summed E-state index contributed by atoms with van der Waals surface area (Å²) in [7, 11) is 0. The van der Waals surface area contributed by atoms with E-state index in [9.17, 15) is 9.59 Å². The summed E-state index contributed by atoms with van der Waals surface area (Å²) in [4.78, 5) is 25.3. The summed E-state index contributed by atoms with van der Waals surface area (Å²) in [5.74, 6) is -0.411. The van der Waals surface area contributed by atoms with Gasteiger partial charge in [-0.1, -0.05) is 6.08 Å². The van der Waals surface area contributed by atoms with Crippen LogP contribution in [0.3, 0.4) is 0 Å². The van der Waals surface area contributed by atoms with E-state index in [1.165, 1.54) is 6.08 Å². The second kappa shape index (κ2) is 8.17. The van der Waals surface area contributed by atoms with Crippen LogP contribution in [0.1, 0.15) is 41.0 Å². The maximum Gasteiger partial charge on any atom is 0.410 e. The van der Waals surface area contributed by atoms with Gasteiger partial charge >= 0.3 is 12.1 Å². The third kappa shape index (κ3) is 6.05. The molecule has 126 valence electrons. The largest absolute Gasteiger partial charge is 0.463 e. The number of esters is 1. The predicted octanol–water partition coefficient (Wildman–Crippen LogP) is 2.52. The lowest BCUT2D eigenvalue weighted by Gasteiger charge is -2.27. The zero-order chi connectivity index (χ0) is 16.8. The predicted molar refractivity (Wildman–Crippen MR) is 82.5 cm³/mol. The summed E-state index contributed by atoms with van der Waals surface area (Å²) in [5.41, 5.74) is -0.559. The smallest absolute Gasteiger partial charge is 0.410 e. The molecule has 1 aliphatic rings. The summed E-state index contributed by atoms with van der Waals surface area (Å²) in [5, 5.41) is 0. The fourth-order valence-electron chi connectivity index (χ4n) is 2.28. The first kappa shape index (κ1) is 18.5. The van der Waals surface area contributed by atoms with E-state index < -0.39 is 17.7 Å². The molecule has 0 bridgehead atoms. The molecule has 0 unspecified atom stereocenters. The van der Waals surface area contributed by atoms with Crippen molar-refractivity contribution in [2.45, 2.75) is 58.8 Å². The van der Waals surface area contributed by atoms with Gasteiger partial charge in [0.05, 0.1) is 25.3 Å². The van der Waals surface area contributed by atoms with Crippen molar-refractivity contribution in [3.05, 3.63) is 12.2 Å². The van der Waals surface area contributed by atoms with Gasteiger partial charge in [-0.25, -0.2) is 9.59 Å². The Labute approximate surface area is 132 Å². The summed E-state index contributed by atoms with van der Waals surface area (Å²) in [6.07, 6.45) is 3.24. The lowest BCUT2D eigenvalue weighted by molar-refractivity contribution is -0.137. The van der Waals surface area contributed by atoms with E-state index in [2.05, 4.69) is 0 Å². The van der Waals surface area contributed by atoms with Crippen LogP contribution in [0.15, 0.2) is 12.2 Å². The van der Waals surface area contributed by atoms with Crippen LogP contribution in [-0.2, 0) is 19.0 Å². The van der Waals surface area contributed by atoms with Gasteiger partial charge in [0.25, 0.3) is 0 Å². The van der Waals surface area contributed by atoms with Crippen molar-refractivity contribution < 1.29 is 23.8 Å². The number of hydrogen-bond donors (Lipinski definition) is 0. The molecule has 6 heteroatoms. The summed E-state index contributed by atoms with van der Waals surface area (Å²) in [6, 6.07) is -0.226. The van der Waals surface area contributed by atoms with E-state index in [4.69, 9.17) is 14.2 Å². The highest BCUT2D eigenvalue weighted by Gasteiger charge is 2.36. The van der Waals surface area contributed by atoms with E-state index >= 15 is 0 Å². The molecule has 1 amide bonds. The minimum absolute atomic E-state index is 0.0469. The van der Waals surface area contributed by atoms with Crippen LogP contribution >= 0.6 is 0 Å². The molecule has 1 saturated heterocycles. The van der Waals surface area contributed by atoms with Crippen molar-refractivity contribution in [3.63, 3.8) is 0 Å². The molecule has 0 radical (unpaired) electrons. The van der Waals surface area contributed by atoms with Crippen molar-refractivity contribution in [2.75, 3.05) is 19.8 Å². The number of carbonyl (C=O) groups is 2. The highest BCUT2D eigenvalue weighted by Crippen LogP contribution is 2.24. The number of rotatable bonds is 5. The molecule has 1 rings (SSSR count). The second-order valence-electron chi connectivity index (χ2n) is 6.12. The van der Waals surface area contributed by atoms with E-state index in [0.717, 1.165) is 0 Å². The van der Waals surface area contributed by atoms with E-state index in [1.54, 1.807) is 17.9 Å². The van der Waals surface area contributed by atoms with E-state index in [0.29, 0.717) is 26.2 Å². The van der Waals surface area contributed by atoms with Crippen LogP contribution in [0.2, 0.25) is 0 Å². The number of nitrogens with zero attached hydrogens (tertiary/aromatic N) is 1. The zero-order valence-corrected chi connectivity index (χ0v) is 14.1. The van der Waals surface area contributed by atoms with Gasteiger partial charge in [0.2, 0.25) is 0 Å². The summed E-state index contributed by atoms with van der Waals surface area (Å²) >= 11 is 0. The average molecular weight is 313 g/mol. The van der Waals surface area contributed by atoms with Gasteiger partial charge in [-0.2, -0.15) is 0 Å². The summed E-state index contributed by atoms with van der Waals surface area (Å²) < 4.78 is 15.9. The van der Waals surface area contributed by atoms with Gasteiger partial charge < -0.3 is 14.2 Å². The molecule has 6 nitrogen and oxygen atoms in total. The molecular formula is C16H27NO5. The van der Waals surface area contributed by atoms with Gasteiger partial charge in [-0.15, -0.1) is 0 Å². The van der Waals surface area contributed by atoms with Gasteiger partial charge in [0.1, 0.15) is 5.60 Å². The third-order valence-electron chi connectivity index (χ3n) is 3.08. The van der Waals surface area contributed by atoms with Crippen LogP contribution < -0.4 is 0 Å². The standard InChI is InChI=1S/C16H27NO5/c1-6-20-13-10-12(8-9-14(18)21-7-2)17(11-13)15(19)22-16(3,4)5/h8-9,12-13H,6-7,10-11H2,1-5H3/b9-8+/t12-,13-/m1/s1. The van der Waals surface area contributed by atoms with E-state index in [-0.39, 0.29) is 12.1 Å². The molecular weight excluding hydrogens is 286 g/mol. The number of carbonyl (C=O) groups excluding carboxylic acids is 2. The number of amides is 1. The lowest BCUT2D eigenvalue weighted by Crippen LogP contribution is -2.39. The van der Waals surface area contributed by atoms with Gasteiger partial charge in [0, 0.05) is 12.7 Å². The van der Waals surface area contributed by atoms with Crippen molar-refractivity contribution in [3.8, 4) is 0 Å². The highest BCUT2D eigenvalue weighted by molar-refractivity contribution is 5.82.